The Kier molecular flexibility index (Phi) is 5.86. The first-order valence-electron chi connectivity index (χ1n) is 8.30. The van der Waals surface area contributed by atoms with E-state index in [1.165, 1.54) is 11.3 Å². The predicted molar refractivity (Wildman–Crippen MR) is 104 cm³/mol. The summed E-state index contributed by atoms with van der Waals surface area (Å²) >= 11 is 1.38. The zero-order chi connectivity index (χ0) is 18.4. The van der Waals surface area contributed by atoms with Gasteiger partial charge in [-0.2, -0.15) is 0 Å². The van der Waals surface area contributed by atoms with Gasteiger partial charge in [-0.15, -0.1) is 11.3 Å². The van der Waals surface area contributed by atoms with Crippen molar-refractivity contribution in [2.45, 2.75) is 13.3 Å². The summed E-state index contributed by atoms with van der Waals surface area (Å²) in [6.45, 7) is 2.01. The Morgan fingerprint density at radius 1 is 1.15 bits per heavy atom. The Morgan fingerprint density at radius 2 is 1.92 bits per heavy atom. The Morgan fingerprint density at radius 3 is 2.65 bits per heavy atom. The molecule has 0 saturated heterocycles. The summed E-state index contributed by atoms with van der Waals surface area (Å²) in [5, 5.41) is 5.24. The number of methoxy groups -OCH3 is 1. The van der Waals surface area contributed by atoms with Crippen LogP contribution in [0.2, 0.25) is 0 Å². The number of nitrogens with one attached hydrogen (secondary N) is 1. The maximum Gasteiger partial charge on any atom is 0.264 e. The largest absolute Gasteiger partial charge is 0.497 e. The molecular weight excluding hydrogens is 348 g/mol. The molecular formula is C20H20N2O3S. The maximum atomic E-state index is 12.1. The Hall–Kier alpha value is -2.86. The number of hydrogen-bond acceptors (Lipinski definition) is 5. The van der Waals surface area contributed by atoms with Gasteiger partial charge in [-0.25, -0.2) is 4.98 Å². The van der Waals surface area contributed by atoms with Gasteiger partial charge in [0.25, 0.3) is 5.91 Å². The van der Waals surface area contributed by atoms with Gasteiger partial charge in [0, 0.05) is 10.9 Å². The number of thiazole rings is 1. The summed E-state index contributed by atoms with van der Waals surface area (Å²) in [5.74, 6) is 1.30. The minimum absolute atomic E-state index is 0.0472. The van der Waals surface area contributed by atoms with Gasteiger partial charge in [-0.05, 0) is 42.3 Å². The molecule has 0 spiro atoms. The van der Waals surface area contributed by atoms with Gasteiger partial charge in [0.2, 0.25) is 0 Å². The summed E-state index contributed by atoms with van der Waals surface area (Å²) in [6.07, 6.45) is 0.857. The fourth-order valence-corrected chi connectivity index (χ4v) is 3.20. The van der Waals surface area contributed by atoms with Gasteiger partial charge in [0.1, 0.15) is 11.5 Å². The monoisotopic (exact) mass is 368 g/mol. The van der Waals surface area contributed by atoms with Crippen molar-refractivity contribution < 1.29 is 14.3 Å². The van der Waals surface area contributed by atoms with Crippen LogP contribution in [-0.4, -0.2) is 24.6 Å². The summed E-state index contributed by atoms with van der Waals surface area (Å²) < 4.78 is 10.8. The van der Waals surface area contributed by atoms with Gasteiger partial charge < -0.3 is 9.47 Å². The van der Waals surface area contributed by atoms with Gasteiger partial charge in [0.15, 0.2) is 11.7 Å². The van der Waals surface area contributed by atoms with Gasteiger partial charge >= 0.3 is 0 Å². The van der Waals surface area contributed by atoms with E-state index in [-0.39, 0.29) is 12.5 Å². The average molecular weight is 368 g/mol. The average Bonchev–Trinajstić information content (AvgIpc) is 3.15. The van der Waals surface area contributed by atoms with Crippen LogP contribution in [0.5, 0.6) is 11.5 Å². The molecule has 0 fully saturated rings. The molecule has 0 atom stereocenters. The summed E-state index contributed by atoms with van der Waals surface area (Å²) in [4.78, 5) is 16.6. The van der Waals surface area contributed by atoms with Crippen LogP contribution in [0.25, 0.3) is 11.3 Å². The Balaban J connectivity index is 1.59. The number of aryl methyl sites for hydroxylation is 1. The third-order valence-corrected chi connectivity index (χ3v) is 4.61. The van der Waals surface area contributed by atoms with E-state index in [4.69, 9.17) is 9.47 Å². The maximum absolute atomic E-state index is 12.1. The molecule has 1 amide bonds. The zero-order valence-electron chi connectivity index (χ0n) is 14.7. The van der Waals surface area contributed by atoms with E-state index in [2.05, 4.69) is 17.2 Å². The Labute approximate surface area is 156 Å². The number of carbonyl (C=O) groups excluding carboxylic acids is 1. The molecule has 26 heavy (non-hydrogen) atoms. The molecule has 1 N–H and O–H groups in total. The fraction of sp³-hybridized carbons (Fsp3) is 0.200. The zero-order valence-corrected chi connectivity index (χ0v) is 15.5. The quantitative estimate of drug-likeness (QED) is 0.671. The first-order valence-corrected chi connectivity index (χ1v) is 9.18. The number of hydrogen-bond donors (Lipinski definition) is 1. The second kappa shape index (κ2) is 8.49. The van der Waals surface area contributed by atoms with Crippen molar-refractivity contribution >= 4 is 22.4 Å². The number of aromatic nitrogens is 1. The molecule has 1 aromatic heterocycles. The van der Waals surface area contributed by atoms with Crippen LogP contribution in [-0.2, 0) is 11.2 Å². The molecule has 0 saturated carbocycles. The highest BCUT2D eigenvalue weighted by Crippen LogP contribution is 2.26. The predicted octanol–water partition coefficient (Wildman–Crippen LogP) is 4.40. The molecule has 3 rings (SSSR count). The SMILES string of the molecule is CCc1ccccc1OCC(=O)Nc1nc(-c2ccc(OC)cc2)cs1. The number of carbonyl (C=O) groups is 1. The van der Waals surface area contributed by atoms with E-state index in [1.807, 2.05) is 53.9 Å². The van der Waals surface area contributed by atoms with Crippen LogP contribution in [0.15, 0.2) is 53.9 Å². The van der Waals surface area contributed by atoms with Crippen LogP contribution in [0.1, 0.15) is 12.5 Å². The first-order chi connectivity index (χ1) is 12.7. The molecule has 6 heteroatoms. The molecule has 0 aliphatic carbocycles. The number of ether oxygens (including phenoxy) is 2. The van der Waals surface area contributed by atoms with Crippen LogP contribution in [0.3, 0.4) is 0 Å². The lowest BCUT2D eigenvalue weighted by atomic mass is 10.1. The minimum atomic E-state index is -0.230. The molecule has 0 radical (unpaired) electrons. The van der Waals surface area contributed by atoms with E-state index < -0.39 is 0 Å². The second-order valence-electron chi connectivity index (χ2n) is 5.56. The Bertz CT molecular complexity index is 875. The van der Waals surface area contributed by atoms with E-state index in [0.717, 1.165) is 34.7 Å². The highest BCUT2D eigenvalue weighted by molar-refractivity contribution is 7.14. The topological polar surface area (TPSA) is 60.5 Å². The van der Waals surface area contributed by atoms with Crippen molar-refractivity contribution in [1.29, 1.82) is 0 Å². The molecule has 3 aromatic rings. The van der Waals surface area contributed by atoms with E-state index in [9.17, 15) is 4.79 Å². The molecule has 0 unspecified atom stereocenters. The highest BCUT2D eigenvalue weighted by Gasteiger charge is 2.10. The number of benzene rings is 2. The lowest BCUT2D eigenvalue weighted by Crippen LogP contribution is -2.20. The van der Waals surface area contributed by atoms with Crippen molar-refractivity contribution in [2.75, 3.05) is 19.0 Å². The van der Waals surface area contributed by atoms with Crippen LogP contribution < -0.4 is 14.8 Å². The summed E-state index contributed by atoms with van der Waals surface area (Å²) in [5.41, 5.74) is 2.86. The number of amides is 1. The number of anilines is 1. The van der Waals surface area contributed by atoms with Crippen molar-refractivity contribution in [3.05, 3.63) is 59.5 Å². The van der Waals surface area contributed by atoms with Crippen molar-refractivity contribution in [3.63, 3.8) is 0 Å². The lowest BCUT2D eigenvalue weighted by molar-refractivity contribution is -0.118. The highest BCUT2D eigenvalue weighted by atomic mass is 32.1. The lowest BCUT2D eigenvalue weighted by Gasteiger charge is -2.09. The number of rotatable bonds is 7. The van der Waals surface area contributed by atoms with Crippen LogP contribution in [0, 0.1) is 0 Å². The van der Waals surface area contributed by atoms with Crippen LogP contribution >= 0.6 is 11.3 Å². The molecule has 1 heterocycles. The smallest absolute Gasteiger partial charge is 0.264 e. The summed E-state index contributed by atoms with van der Waals surface area (Å²) in [6, 6.07) is 15.4. The second-order valence-corrected chi connectivity index (χ2v) is 6.42. The van der Waals surface area contributed by atoms with Gasteiger partial charge in [-0.1, -0.05) is 25.1 Å². The normalized spacial score (nSPS) is 10.4. The first kappa shape index (κ1) is 17.9. The van der Waals surface area contributed by atoms with Gasteiger partial charge in [-0.3, -0.25) is 10.1 Å². The van der Waals surface area contributed by atoms with Crippen LogP contribution in [0.4, 0.5) is 5.13 Å². The molecule has 5 nitrogen and oxygen atoms in total. The van der Waals surface area contributed by atoms with E-state index >= 15 is 0 Å². The third-order valence-electron chi connectivity index (χ3n) is 3.85. The number of nitrogens with zero attached hydrogens (tertiary/aromatic N) is 1. The number of para-hydroxylation sites is 1. The van der Waals surface area contributed by atoms with Crippen molar-refractivity contribution in [3.8, 4) is 22.8 Å². The van der Waals surface area contributed by atoms with E-state index in [1.54, 1.807) is 7.11 Å². The molecule has 0 aliphatic heterocycles. The standard InChI is InChI=1S/C20H20N2O3S/c1-3-14-6-4-5-7-18(14)25-12-19(23)22-20-21-17(13-26-20)15-8-10-16(24-2)11-9-15/h4-11,13H,3,12H2,1-2H3,(H,21,22,23). The molecule has 2 aromatic carbocycles. The summed E-state index contributed by atoms with van der Waals surface area (Å²) in [7, 11) is 1.63. The van der Waals surface area contributed by atoms with Crippen molar-refractivity contribution in [2.24, 2.45) is 0 Å². The van der Waals surface area contributed by atoms with E-state index in [0.29, 0.717) is 5.13 Å². The molecule has 0 bridgehead atoms. The minimum Gasteiger partial charge on any atom is -0.497 e. The van der Waals surface area contributed by atoms with Gasteiger partial charge in [0.05, 0.1) is 12.8 Å². The third kappa shape index (κ3) is 4.40. The molecule has 0 aliphatic rings. The van der Waals surface area contributed by atoms with Crippen molar-refractivity contribution in [1.82, 2.24) is 4.98 Å². The fourth-order valence-electron chi connectivity index (χ4n) is 2.46. The molecule has 134 valence electrons.